The average Bonchev–Trinajstić information content (AvgIpc) is 2.45. The molecule has 0 aliphatic rings. The number of ether oxygens (including phenoxy) is 1. The van der Waals surface area contributed by atoms with Crippen LogP contribution >= 0.6 is 0 Å². The molecule has 0 radical (unpaired) electrons. The van der Waals surface area contributed by atoms with E-state index in [2.05, 4.69) is 4.74 Å². The number of hydrogen-bond acceptors (Lipinski definition) is 3. The van der Waals surface area contributed by atoms with E-state index >= 15 is 0 Å². The third kappa shape index (κ3) is 4.44. The number of carbonyl (C=O) groups excluding carboxylic acids is 2. The van der Waals surface area contributed by atoms with Gasteiger partial charge in [0.25, 0.3) is 5.91 Å². The van der Waals surface area contributed by atoms with E-state index in [9.17, 15) is 22.8 Å². The molecule has 0 unspecified atom stereocenters. The number of hydrogen-bond donors (Lipinski definition) is 2. The van der Waals surface area contributed by atoms with E-state index in [4.69, 9.17) is 0 Å². The van der Waals surface area contributed by atoms with Crippen LogP contribution in [0.4, 0.5) is 13.2 Å². The van der Waals surface area contributed by atoms with E-state index < -0.39 is 29.8 Å². The van der Waals surface area contributed by atoms with Gasteiger partial charge in [-0.2, -0.15) is 13.2 Å². The van der Waals surface area contributed by atoms with Crippen molar-refractivity contribution in [2.75, 3.05) is 6.61 Å². The first-order valence-electron chi connectivity index (χ1n) is 7.11. The van der Waals surface area contributed by atoms with Crippen LogP contribution in [0, 0.1) is 0 Å². The summed E-state index contributed by atoms with van der Waals surface area (Å²) in [5.74, 6) is -2.56. The molecule has 3 N–H and O–H groups in total. The molecule has 0 heterocycles. The first-order valence-corrected chi connectivity index (χ1v) is 7.11. The summed E-state index contributed by atoms with van der Waals surface area (Å²) in [6.07, 6.45) is -5.03. The standard InChI is InChI=1S/C15H19F3N2O3/c1-4-23-13(22)14(15(16,17)18,19-10(2)3)20-12(21)11-8-6-5-7-9-11/h5-10,19H,4H2,1-3H3,(H,20,21)/p+1/t14-/m1/s1. The Hall–Kier alpha value is -2.09. The fourth-order valence-electron chi connectivity index (χ4n) is 2.03. The Morgan fingerprint density at radius 2 is 1.78 bits per heavy atom. The molecular weight excluding hydrogens is 313 g/mol. The number of esters is 1. The highest BCUT2D eigenvalue weighted by molar-refractivity contribution is 5.97. The fraction of sp³-hybridized carbons (Fsp3) is 0.467. The van der Waals surface area contributed by atoms with Crippen molar-refractivity contribution in [3.05, 3.63) is 35.9 Å². The molecule has 0 fully saturated rings. The van der Waals surface area contributed by atoms with E-state index in [-0.39, 0.29) is 12.2 Å². The molecule has 0 saturated heterocycles. The highest BCUT2D eigenvalue weighted by Gasteiger charge is 2.67. The maximum Gasteiger partial charge on any atom is 0.478 e. The van der Waals surface area contributed by atoms with Crippen LogP contribution in [0.15, 0.2) is 30.3 Å². The van der Waals surface area contributed by atoms with Gasteiger partial charge in [-0.25, -0.2) is 4.79 Å². The number of alkyl halides is 3. The van der Waals surface area contributed by atoms with Crippen molar-refractivity contribution in [2.45, 2.75) is 38.7 Å². The topological polar surface area (TPSA) is 72.0 Å². The van der Waals surface area contributed by atoms with Gasteiger partial charge in [0.15, 0.2) is 0 Å². The van der Waals surface area contributed by atoms with Crippen molar-refractivity contribution in [1.29, 1.82) is 0 Å². The van der Waals surface area contributed by atoms with E-state index in [1.165, 1.54) is 45.0 Å². The molecule has 1 aromatic rings. The molecule has 23 heavy (non-hydrogen) atoms. The minimum absolute atomic E-state index is 0.0163. The van der Waals surface area contributed by atoms with Gasteiger partial charge in [0.1, 0.15) is 0 Å². The van der Waals surface area contributed by atoms with Gasteiger partial charge < -0.3 is 10.1 Å². The van der Waals surface area contributed by atoms with Gasteiger partial charge in [0.05, 0.1) is 12.6 Å². The van der Waals surface area contributed by atoms with E-state index in [0.29, 0.717) is 0 Å². The quantitative estimate of drug-likeness (QED) is 0.607. The number of amides is 1. The molecule has 0 aliphatic heterocycles. The Kier molecular flexibility index (Phi) is 6.14. The third-order valence-electron chi connectivity index (χ3n) is 2.97. The molecule has 128 valence electrons. The van der Waals surface area contributed by atoms with Crippen molar-refractivity contribution in [2.24, 2.45) is 0 Å². The summed E-state index contributed by atoms with van der Waals surface area (Å²) in [7, 11) is 0. The van der Waals surface area contributed by atoms with Crippen LogP contribution in [-0.2, 0) is 9.53 Å². The van der Waals surface area contributed by atoms with E-state index in [0.717, 1.165) is 5.32 Å². The Morgan fingerprint density at radius 1 is 1.22 bits per heavy atom. The lowest BCUT2D eigenvalue weighted by atomic mass is 10.1. The van der Waals surface area contributed by atoms with Gasteiger partial charge >= 0.3 is 17.8 Å². The van der Waals surface area contributed by atoms with Gasteiger partial charge in [-0.15, -0.1) is 0 Å². The maximum absolute atomic E-state index is 13.6. The summed E-state index contributed by atoms with van der Waals surface area (Å²) in [5.41, 5.74) is -3.17. The van der Waals surface area contributed by atoms with Crippen molar-refractivity contribution in [3.8, 4) is 0 Å². The van der Waals surface area contributed by atoms with Crippen LogP contribution in [0.5, 0.6) is 0 Å². The van der Waals surface area contributed by atoms with E-state index in [1.807, 2.05) is 5.32 Å². The molecular formula is C15H20F3N2O3+. The zero-order valence-corrected chi connectivity index (χ0v) is 13.1. The van der Waals surface area contributed by atoms with Gasteiger partial charge in [-0.3, -0.25) is 10.1 Å². The molecule has 0 aromatic heterocycles. The van der Waals surface area contributed by atoms with Crippen LogP contribution in [-0.4, -0.2) is 36.4 Å². The van der Waals surface area contributed by atoms with Crippen LogP contribution < -0.4 is 10.6 Å². The highest BCUT2D eigenvalue weighted by Crippen LogP contribution is 2.27. The van der Waals surface area contributed by atoms with Crippen LogP contribution in [0.25, 0.3) is 0 Å². The molecule has 1 amide bonds. The van der Waals surface area contributed by atoms with Gasteiger partial charge in [-0.1, -0.05) is 18.2 Å². The molecule has 1 rings (SSSR count). The molecule has 0 aliphatic carbocycles. The normalized spacial score (nSPS) is 14.2. The van der Waals surface area contributed by atoms with Gasteiger partial charge in [-0.05, 0) is 32.9 Å². The molecule has 8 heteroatoms. The zero-order chi connectivity index (χ0) is 17.7. The molecule has 0 bridgehead atoms. The Morgan fingerprint density at radius 3 is 2.22 bits per heavy atom. The fourth-order valence-corrected chi connectivity index (χ4v) is 2.03. The minimum Gasteiger partial charge on any atom is -0.460 e. The summed E-state index contributed by atoms with van der Waals surface area (Å²) in [4.78, 5) is 24.2. The largest absolute Gasteiger partial charge is 0.478 e. The average molecular weight is 333 g/mol. The van der Waals surface area contributed by atoms with Crippen LogP contribution in [0.1, 0.15) is 31.1 Å². The smallest absolute Gasteiger partial charge is 0.460 e. The third-order valence-corrected chi connectivity index (χ3v) is 2.97. The summed E-state index contributed by atoms with van der Waals surface area (Å²) in [5, 5.41) is 2.55. The number of nitrogens with one attached hydrogen (secondary N) is 1. The first-order chi connectivity index (χ1) is 10.6. The first kappa shape index (κ1) is 19.0. The van der Waals surface area contributed by atoms with Crippen LogP contribution in [0.2, 0.25) is 0 Å². The van der Waals surface area contributed by atoms with Crippen molar-refractivity contribution in [1.82, 2.24) is 5.32 Å². The highest BCUT2D eigenvalue weighted by atomic mass is 19.4. The van der Waals surface area contributed by atoms with E-state index in [1.54, 1.807) is 6.07 Å². The molecule has 0 spiro atoms. The number of halogens is 3. The SMILES string of the molecule is CCOC(=O)[C@](NC(=O)c1ccccc1)([NH2+]C(C)C)C(F)(F)F. The second-order valence-electron chi connectivity index (χ2n) is 5.26. The Bertz CT molecular complexity index is 547. The van der Waals surface area contributed by atoms with Gasteiger partial charge in [0, 0.05) is 5.56 Å². The molecule has 1 aromatic carbocycles. The predicted molar refractivity (Wildman–Crippen MR) is 76.4 cm³/mol. The molecule has 0 saturated carbocycles. The lowest BCUT2D eigenvalue weighted by Gasteiger charge is -2.32. The lowest BCUT2D eigenvalue weighted by Crippen LogP contribution is -3.09. The maximum atomic E-state index is 13.6. The van der Waals surface area contributed by atoms with Crippen molar-refractivity contribution >= 4 is 11.9 Å². The summed E-state index contributed by atoms with van der Waals surface area (Å²) in [6.45, 7) is 4.13. The number of carbonyl (C=O) groups is 2. The predicted octanol–water partition coefficient (Wildman–Crippen LogP) is 1.21. The molecule has 1 atom stereocenters. The zero-order valence-electron chi connectivity index (χ0n) is 13.1. The second-order valence-corrected chi connectivity index (χ2v) is 5.26. The number of quaternary nitrogens is 1. The minimum atomic E-state index is -5.03. The second kappa shape index (κ2) is 7.45. The Balaban J connectivity index is 3.26. The van der Waals surface area contributed by atoms with Gasteiger partial charge in [0.2, 0.25) is 0 Å². The summed E-state index contributed by atoms with van der Waals surface area (Å²) >= 11 is 0. The van der Waals surface area contributed by atoms with Crippen molar-refractivity contribution in [3.63, 3.8) is 0 Å². The monoisotopic (exact) mass is 333 g/mol. The molecule has 5 nitrogen and oxygen atoms in total. The summed E-state index contributed by atoms with van der Waals surface area (Å²) in [6, 6.07) is 6.76. The summed E-state index contributed by atoms with van der Waals surface area (Å²) < 4.78 is 45.5. The lowest BCUT2D eigenvalue weighted by molar-refractivity contribution is -0.766. The van der Waals surface area contributed by atoms with Crippen molar-refractivity contribution < 1.29 is 32.8 Å². The number of benzene rings is 1. The Labute approximate surface area is 132 Å². The number of nitrogens with two attached hydrogens (primary N) is 1. The number of rotatable bonds is 6. The van der Waals surface area contributed by atoms with Crippen LogP contribution in [0.3, 0.4) is 0 Å².